The van der Waals surface area contributed by atoms with Crippen LogP contribution in [-0.4, -0.2) is 34.6 Å². The van der Waals surface area contributed by atoms with Crippen molar-refractivity contribution in [2.45, 2.75) is 19.4 Å². The molecule has 20 heavy (non-hydrogen) atoms. The lowest BCUT2D eigenvalue weighted by Crippen LogP contribution is -2.23. The average molecular weight is 290 g/mol. The van der Waals surface area contributed by atoms with Crippen LogP contribution in [0.2, 0.25) is 0 Å². The first-order valence-electron chi connectivity index (χ1n) is 6.47. The van der Waals surface area contributed by atoms with Gasteiger partial charge in [-0.2, -0.15) is 0 Å². The van der Waals surface area contributed by atoms with Gasteiger partial charge in [-0.25, -0.2) is 9.78 Å². The maximum Gasteiger partial charge on any atom is 0.355 e. The fourth-order valence-corrected chi connectivity index (χ4v) is 2.98. The van der Waals surface area contributed by atoms with Crippen LogP contribution in [0.5, 0.6) is 0 Å². The molecule has 0 aliphatic carbocycles. The molecule has 1 aromatic carbocycles. The van der Waals surface area contributed by atoms with E-state index in [0.717, 1.165) is 11.6 Å². The van der Waals surface area contributed by atoms with E-state index in [1.54, 1.807) is 5.38 Å². The molecule has 1 aromatic heterocycles. The van der Waals surface area contributed by atoms with Gasteiger partial charge in [-0.15, -0.1) is 11.3 Å². The molecule has 0 saturated carbocycles. The van der Waals surface area contributed by atoms with Crippen molar-refractivity contribution in [3.05, 3.63) is 52.0 Å². The largest absolute Gasteiger partial charge is 0.476 e. The molecule has 0 aliphatic heterocycles. The smallest absolute Gasteiger partial charge is 0.355 e. The summed E-state index contributed by atoms with van der Waals surface area (Å²) in [5.41, 5.74) is 1.44. The van der Waals surface area contributed by atoms with Crippen LogP contribution in [0.1, 0.15) is 33.9 Å². The van der Waals surface area contributed by atoms with E-state index < -0.39 is 5.97 Å². The average Bonchev–Trinajstić information content (AvgIpc) is 2.88. The maximum atomic E-state index is 10.8. The van der Waals surface area contributed by atoms with Crippen LogP contribution in [0.15, 0.2) is 35.7 Å². The van der Waals surface area contributed by atoms with Gasteiger partial charge in [-0.05, 0) is 18.5 Å². The third-order valence-electron chi connectivity index (χ3n) is 3.13. The summed E-state index contributed by atoms with van der Waals surface area (Å²) < 4.78 is 0. The number of aromatic nitrogens is 1. The predicted octanol–water partition coefficient (Wildman–Crippen LogP) is 3.08. The SMILES string of the molecule is CC(CN(C)Cc1nc(C(=O)O)cs1)c1ccccc1. The van der Waals surface area contributed by atoms with Crippen molar-refractivity contribution in [1.82, 2.24) is 9.88 Å². The van der Waals surface area contributed by atoms with E-state index in [2.05, 4.69) is 28.9 Å². The normalized spacial score (nSPS) is 12.6. The Morgan fingerprint density at radius 1 is 1.40 bits per heavy atom. The van der Waals surface area contributed by atoms with Gasteiger partial charge >= 0.3 is 5.97 Å². The zero-order chi connectivity index (χ0) is 14.5. The van der Waals surface area contributed by atoms with Crippen molar-refractivity contribution in [2.24, 2.45) is 0 Å². The van der Waals surface area contributed by atoms with Crippen LogP contribution in [0.3, 0.4) is 0 Å². The fourth-order valence-electron chi connectivity index (χ4n) is 2.13. The van der Waals surface area contributed by atoms with Crippen molar-refractivity contribution < 1.29 is 9.90 Å². The molecule has 1 unspecified atom stereocenters. The Morgan fingerprint density at radius 2 is 2.10 bits per heavy atom. The van der Waals surface area contributed by atoms with Crippen molar-refractivity contribution >= 4 is 17.3 Å². The summed E-state index contributed by atoms with van der Waals surface area (Å²) in [6.45, 7) is 3.78. The number of carbonyl (C=O) groups is 1. The van der Waals surface area contributed by atoms with Gasteiger partial charge in [0.25, 0.3) is 0 Å². The number of benzene rings is 1. The highest BCUT2D eigenvalue weighted by Gasteiger charge is 2.12. The Balaban J connectivity index is 1.91. The first kappa shape index (κ1) is 14.7. The van der Waals surface area contributed by atoms with Crippen LogP contribution in [0.25, 0.3) is 0 Å². The van der Waals surface area contributed by atoms with E-state index in [0.29, 0.717) is 12.5 Å². The van der Waals surface area contributed by atoms with E-state index in [9.17, 15) is 4.79 Å². The number of aromatic carboxylic acids is 1. The summed E-state index contributed by atoms with van der Waals surface area (Å²) in [5, 5.41) is 11.3. The molecule has 0 spiro atoms. The lowest BCUT2D eigenvalue weighted by Gasteiger charge is -2.20. The van der Waals surface area contributed by atoms with Gasteiger partial charge in [0.1, 0.15) is 5.01 Å². The highest BCUT2D eigenvalue weighted by Crippen LogP contribution is 2.17. The maximum absolute atomic E-state index is 10.8. The van der Waals surface area contributed by atoms with Crippen LogP contribution in [0.4, 0.5) is 0 Å². The van der Waals surface area contributed by atoms with Crippen LogP contribution < -0.4 is 0 Å². The summed E-state index contributed by atoms with van der Waals surface area (Å²) in [5.74, 6) is -0.534. The molecule has 106 valence electrons. The predicted molar refractivity (Wildman–Crippen MR) is 80.3 cm³/mol. The number of thiazole rings is 1. The van der Waals surface area contributed by atoms with Crippen LogP contribution in [0, 0.1) is 0 Å². The second-order valence-corrected chi connectivity index (χ2v) is 5.88. The zero-order valence-corrected chi connectivity index (χ0v) is 12.4. The number of hydrogen-bond acceptors (Lipinski definition) is 4. The van der Waals surface area contributed by atoms with E-state index in [1.165, 1.54) is 16.9 Å². The summed E-state index contributed by atoms with van der Waals surface area (Å²) in [4.78, 5) is 17.1. The summed E-state index contributed by atoms with van der Waals surface area (Å²) in [6.07, 6.45) is 0. The third-order valence-corrected chi connectivity index (χ3v) is 3.96. The summed E-state index contributed by atoms with van der Waals surface area (Å²) >= 11 is 1.40. The first-order chi connectivity index (χ1) is 9.56. The molecule has 4 nitrogen and oxygen atoms in total. The standard InChI is InChI=1S/C15H18N2O2S/c1-11(12-6-4-3-5-7-12)8-17(2)9-14-16-13(10-20-14)15(18)19/h3-7,10-11H,8-9H2,1-2H3,(H,18,19). The summed E-state index contributed by atoms with van der Waals surface area (Å²) in [7, 11) is 2.03. The van der Waals surface area contributed by atoms with Gasteiger partial charge in [-0.1, -0.05) is 37.3 Å². The molecular formula is C15H18N2O2S. The molecule has 5 heteroatoms. The Morgan fingerprint density at radius 3 is 2.70 bits per heavy atom. The minimum Gasteiger partial charge on any atom is -0.476 e. The van der Waals surface area contributed by atoms with Crippen molar-refractivity contribution in [3.8, 4) is 0 Å². The highest BCUT2D eigenvalue weighted by molar-refractivity contribution is 7.09. The van der Waals surface area contributed by atoms with Crippen LogP contribution >= 0.6 is 11.3 Å². The molecule has 0 saturated heterocycles. The molecule has 0 bridgehead atoms. The molecule has 2 aromatic rings. The van der Waals surface area contributed by atoms with Gasteiger partial charge in [0.2, 0.25) is 0 Å². The zero-order valence-electron chi connectivity index (χ0n) is 11.6. The third kappa shape index (κ3) is 3.88. The first-order valence-corrected chi connectivity index (χ1v) is 7.35. The molecule has 2 rings (SSSR count). The monoisotopic (exact) mass is 290 g/mol. The topological polar surface area (TPSA) is 53.4 Å². The number of rotatable bonds is 6. The van der Waals surface area contributed by atoms with Crippen LogP contribution in [-0.2, 0) is 6.54 Å². The van der Waals surface area contributed by atoms with Crippen molar-refractivity contribution in [1.29, 1.82) is 0 Å². The molecule has 1 N–H and O–H groups in total. The van der Waals surface area contributed by atoms with Crippen molar-refractivity contribution in [2.75, 3.05) is 13.6 Å². The van der Waals surface area contributed by atoms with E-state index >= 15 is 0 Å². The van der Waals surface area contributed by atoms with Gasteiger partial charge in [0, 0.05) is 11.9 Å². The second-order valence-electron chi connectivity index (χ2n) is 4.94. The van der Waals surface area contributed by atoms with Gasteiger partial charge in [0.05, 0.1) is 6.54 Å². The molecule has 1 atom stereocenters. The highest BCUT2D eigenvalue weighted by atomic mass is 32.1. The van der Waals surface area contributed by atoms with Gasteiger partial charge < -0.3 is 5.11 Å². The van der Waals surface area contributed by atoms with E-state index in [-0.39, 0.29) is 5.69 Å². The quantitative estimate of drug-likeness (QED) is 0.888. The lowest BCUT2D eigenvalue weighted by atomic mass is 10.0. The number of hydrogen-bond donors (Lipinski definition) is 1. The Bertz CT molecular complexity index is 568. The number of carboxylic acids is 1. The number of nitrogens with zero attached hydrogens (tertiary/aromatic N) is 2. The molecule has 0 amide bonds. The van der Waals surface area contributed by atoms with E-state index in [4.69, 9.17) is 5.11 Å². The number of likely N-dealkylation sites (N-methyl/N-ethyl adjacent to an activating group) is 1. The number of carboxylic acid groups (broad SMARTS) is 1. The van der Waals surface area contributed by atoms with E-state index in [1.807, 2.05) is 25.2 Å². The van der Waals surface area contributed by atoms with Crippen molar-refractivity contribution in [3.63, 3.8) is 0 Å². The van der Waals surface area contributed by atoms with Gasteiger partial charge in [0.15, 0.2) is 5.69 Å². The molecular weight excluding hydrogens is 272 g/mol. The Kier molecular flexibility index (Phi) is 4.87. The minimum absolute atomic E-state index is 0.134. The lowest BCUT2D eigenvalue weighted by molar-refractivity contribution is 0.0691. The Labute approximate surface area is 122 Å². The molecule has 0 fully saturated rings. The molecule has 1 heterocycles. The summed E-state index contributed by atoms with van der Waals surface area (Å²) in [6, 6.07) is 10.4. The minimum atomic E-state index is -0.965. The molecule has 0 radical (unpaired) electrons. The second kappa shape index (κ2) is 6.63. The van der Waals surface area contributed by atoms with Gasteiger partial charge in [-0.3, -0.25) is 4.90 Å². The molecule has 0 aliphatic rings. The fraction of sp³-hybridized carbons (Fsp3) is 0.333. The Hall–Kier alpha value is -1.72.